The zero-order chi connectivity index (χ0) is 14.3. The van der Waals surface area contributed by atoms with E-state index in [4.69, 9.17) is 15.6 Å². The Hall–Kier alpha value is -1.79. The summed E-state index contributed by atoms with van der Waals surface area (Å²) < 4.78 is 5.04. The summed E-state index contributed by atoms with van der Waals surface area (Å²) in [6.45, 7) is 0.415. The third kappa shape index (κ3) is 6.40. The molecule has 0 aliphatic rings. The summed E-state index contributed by atoms with van der Waals surface area (Å²) >= 11 is 0. The van der Waals surface area contributed by atoms with Crippen LogP contribution in [0.15, 0.2) is 24.3 Å². The summed E-state index contributed by atoms with van der Waals surface area (Å²) in [5, 5.41) is 11.1. The monoisotopic (exact) mass is 302 g/mol. The maximum Gasteiger partial charge on any atom is 0.305 e. The Bertz CT molecular complexity index is 437. The lowest BCUT2D eigenvalue weighted by atomic mass is 10.1. The standard InChI is InChI=1S/C13H18N2O4.ClH/c1-19-10-4-2-9(3-5-10)6-7-15-13(18)11(14)8-12(16)17;/h2-5,11H,6-8,14H2,1H3,(H,15,18)(H,16,17);1H. The van der Waals surface area contributed by atoms with E-state index in [-0.39, 0.29) is 18.8 Å². The molecule has 20 heavy (non-hydrogen) atoms. The van der Waals surface area contributed by atoms with Gasteiger partial charge in [-0.25, -0.2) is 0 Å². The third-order valence-corrected chi connectivity index (χ3v) is 2.60. The van der Waals surface area contributed by atoms with Crippen molar-refractivity contribution in [2.75, 3.05) is 13.7 Å². The molecule has 4 N–H and O–H groups in total. The Labute approximate surface area is 123 Å². The van der Waals surface area contributed by atoms with E-state index < -0.39 is 17.9 Å². The minimum Gasteiger partial charge on any atom is -0.497 e. The lowest BCUT2D eigenvalue weighted by Crippen LogP contribution is -2.42. The number of nitrogens with one attached hydrogen (secondary N) is 1. The topological polar surface area (TPSA) is 102 Å². The fraction of sp³-hybridized carbons (Fsp3) is 0.385. The van der Waals surface area contributed by atoms with Crippen LogP contribution in [-0.4, -0.2) is 36.7 Å². The Morgan fingerprint density at radius 1 is 1.35 bits per heavy atom. The fourth-order valence-electron chi connectivity index (χ4n) is 1.53. The van der Waals surface area contributed by atoms with Gasteiger partial charge in [-0.15, -0.1) is 12.4 Å². The minimum atomic E-state index is -1.09. The minimum absolute atomic E-state index is 0. The number of carboxylic acids is 1. The third-order valence-electron chi connectivity index (χ3n) is 2.60. The van der Waals surface area contributed by atoms with Gasteiger partial charge in [0.15, 0.2) is 0 Å². The van der Waals surface area contributed by atoms with Crippen LogP contribution in [0.1, 0.15) is 12.0 Å². The van der Waals surface area contributed by atoms with Gasteiger partial charge in [0.2, 0.25) is 5.91 Å². The Morgan fingerprint density at radius 3 is 2.45 bits per heavy atom. The van der Waals surface area contributed by atoms with Gasteiger partial charge in [-0.2, -0.15) is 0 Å². The van der Waals surface area contributed by atoms with E-state index in [1.807, 2.05) is 24.3 Å². The van der Waals surface area contributed by atoms with E-state index >= 15 is 0 Å². The van der Waals surface area contributed by atoms with E-state index in [1.165, 1.54) is 0 Å². The molecule has 0 aliphatic heterocycles. The van der Waals surface area contributed by atoms with Gasteiger partial charge in [0, 0.05) is 6.54 Å². The van der Waals surface area contributed by atoms with E-state index in [1.54, 1.807) is 7.11 Å². The average Bonchev–Trinajstić information content (AvgIpc) is 2.38. The van der Waals surface area contributed by atoms with Crippen LogP contribution in [0.25, 0.3) is 0 Å². The second-order valence-corrected chi connectivity index (χ2v) is 4.09. The molecule has 1 unspecified atom stereocenters. The first-order valence-corrected chi connectivity index (χ1v) is 5.91. The van der Waals surface area contributed by atoms with Crippen molar-refractivity contribution in [1.29, 1.82) is 0 Å². The Kier molecular flexibility index (Phi) is 8.35. The molecular formula is C13H19ClN2O4. The molecule has 0 bridgehead atoms. The normalized spacial score (nSPS) is 11.1. The van der Waals surface area contributed by atoms with Crippen molar-refractivity contribution in [1.82, 2.24) is 5.32 Å². The molecule has 0 aromatic heterocycles. The summed E-state index contributed by atoms with van der Waals surface area (Å²) in [5.41, 5.74) is 6.48. The van der Waals surface area contributed by atoms with Crippen LogP contribution < -0.4 is 15.8 Å². The predicted octanol–water partition coefficient (Wildman–Crippen LogP) is 0.578. The number of rotatable bonds is 7. The number of carboxylic acid groups (broad SMARTS) is 1. The summed E-state index contributed by atoms with van der Waals surface area (Å²) in [7, 11) is 1.60. The largest absolute Gasteiger partial charge is 0.497 e. The first-order valence-electron chi connectivity index (χ1n) is 5.91. The van der Waals surface area contributed by atoms with Gasteiger partial charge in [-0.05, 0) is 24.1 Å². The molecule has 1 aromatic carbocycles. The van der Waals surface area contributed by atoms with Crippen LogP contribution in [-0.2, 0) is 16.0 Å². The number of carbonyl (C=O) groups excluding carboxylic acids is 1. The zero-order valence-corrected chi connectivity index (χ0v) is 12.0. The zero-order valence-electron chi connectivity index (χ0n) is 11.2. The van der Waals surface area contributed by atoms with Gasteiger partial charge in [-0.1, -0.05) is 12.1 Å². The SMILES string of the molecule is COc1ccc(CCNC(=O)C(N)CC(=O)O)cc1.Cl. The Morgan fingerprint density at radius 2 is 1.95 bits per heavy atom. The van der Waals surface area contributed by atoms with Crippen LogP contribution in [0.3, 0.4) is 0 Å². The molecule has 0 saturated heterocycles. The molecule has 0 heterocycles. The maximum atomic E-state index is 11.4. The first kappa shape index (κ1) is 18.2. The second kappa shape index (κ2) is 9.17. The van der Waals surface area contributed by atoms with Gasteiger partial charge < -0.3 is 20.9 Å². The lowest BCUT2D eigenvalue weighted by Gasteiger charge is -2.10. The molecule has 1 aromatic rings. The highest BCUT2D eigenvalue weighted by Crippen LogP contribution is 2.11. The number of hydrogen-bond acceptors (Lipinski definition) is 4. The number of amides is 1. The molecule has 1 atom stereocenters. The summed E-state index contributed by atoms with van der Waals surface area (Å²) in [6.07, 6.45) is 0.282. The number of benzene rings is 1. The quantitative estimate of drug-likeness (QED) is 0.684. The van der Waals surface area contributed by atoms with E-state index in [0.29, 0.717) is 13.0 Å². The van der Waals surface area contributed by atoms with Crippen LogP contribution in [0.2, 0.25) is 0 Å². The fourth-order valence-corrected chi connectivity index (χ4v) is 1.53. The van der Waals surface area contributed by atoms with Crippen molar-refractivity contribution < 1.29 is 19.4 Å². The van der Waals surface area contributed by atoms with Crippen LogP contribution in [0.5, 0.6) is 5.75 Å². The molecule has 0 radical (unpaired) electrons. The van der Waals surface area contributed by atoms with Crippen LogP contribution >= 0.6 is 12.4 Å². The lowest BCUT2D eigenvalue weighted by molar-refractivity contribution is -0.139. The number of ether oxygens (including phenoxy) is 1. The molecule has 112 valence electrons. The van der Waals surface area contributed by atoms with Crippen molar-refractivity contribution in [2.45, 2.75) is 18.9 Å². The molecule has 7 heteroatoms. The maximum absolute atomic E-state index is 11.4. The highest BCUT2D eigenvalue weighted by atomic mass is 35.5. The summed E-state index contributed by atoms with van der Waals surface area (Å²) in [4.78, 5) is 21.8. The van der Waals surface area contributed by atoms with E-state index in [0.717, 1.165) is 11.3 Å². The predicted molar refractivity (Wildman–Crippen MR) is 77.2 cm³/mol. The number of halogens is 1. The van der Waals surface area contributed by atoms with Gasteiger partial charge >= 0.3 is 5.97 Å². The summed E-state index contributed by atoms with van der Waals surface area (Å²) in [6, 6.07) is 6.48. The molecule has 0 aliphatic carbocycles. The highest BCUT2D eigenvalue weighted by Gasteiger charge is 2.16. The molecule has 1 amide bonds. The molecule has 0 fully saturated rings. The van der Waals surface area contributed by atoms with E-state index in [9.17, 15) is 9.59 Å². The number of aliphatic carboxylic acids is 1. The van der Waals surface area contributed by atoms with Crippen molar-refractivity contribution in [3.8, 4) is 5.75 Å². The van der Waals surface area contributed by atoms with Gasteiger partial charge in [0.25, 0.3) is 0 Å². The average molecular weight is 303 g/mol. The van der Waals surface area contributed by atoms with E-state index in [2.05, 4.69) is 5.32 Å². The van der Waals surface area contributed by atoms with Crippen molar-refractivity contribution in [3.63, 3.8) is 0 Å². The van der Waals surface area contributed by atoms with Crippen molar-refractivity contribution in [2.24, 2.45) is 5.73 Å². The number of methoxy groups -OCH3 is 1. The smallest absolute Gasteiger partial charge is 0.305 e. The molecule has 0 saturated carbocycles. The molecule has 0 spiro atoms. The second-order valence-electron chi connectivity index (χ2n) is 4.09. The molecule has 1 rings (SSSR count). The van der Waals surface area contributed by atoms with Crippen molar-refractivity contribution in [3.05, 3.63) is 29.8 Å². The molecular weight excluding hydrogens is 284 g/mol. The van der Waals surface area contributed by atoms with Crippen molar-refractivity contribution >= 4 is 24.3 Å². The number of hydrogen-bond donors (Lipinski definition) is 3. The highest BCUT2D eigenvalue weighted by molar-refractivity contribution is 5.86. The summed E-state index contributed by atoms with van der Waals surface area (Å²) in [5.74, 6) is -0.759. The van der Waals surface area contributed by atoms with Crippen LogP contribution in [0.4, 0.5) is 0 Å². The van der Waals surface area contributed by atoms with Crippen LogP contribution in [0, 0.1) is 0 Å². The van der Waals surface area contributed by atoms with Gasteiger partial charge in [-0.3, -0.25) is 9.59 Å². The Balaban J connectivity index is 0.00000361. The van der Waals surface area contributed by atoms with Gasteiger partial charge in [0.1, 0.15) is 5.75 Å². The number of nitrogens with two attached hydrogens (primary N) is 1. The number of carbonyl (C=O) groups is 2. The molecule has 6 nitrogen and oxygen atoms in total. The van der Waals surface area contributed by atoms with Gasteiger partial charge in [0.05, 0.1) is 19.6 Å². The first-order chi connectivity index (χ1) is 9.02.